The third-order valence-corrected chi connectivity index (χ3v) is 6.81. The Balaban J connectivity index is 0.000000707. The number of alkyl halides is 3. The Labute approximate surface area is 252 Å². The first-order valence-electron chi connectivity index (χ1n) is 13.4. The van der Waals surface area contributed by atoms with Crippen molar-refractivity contribution in [2.75, 3.05) is 20.2 Å². The van der Waals surface area contributed by atoms with Crippen molar-refractivity contribution in [2.24, 2.45) is 5.73 Å². The number of nitrogens with zero attached hydrogens (tertiary/aromatic N) is 1. The summed E-state index contributed by atoms with van der Waals surface area (Å²) in [5.74, 6) is -3.20. The number of esters is 1. The van der Waals surface area contributed by atoms with E-state index in [4.69, 9.17) is 34.6 Å². The number of carbonyl (C=O) groups excluding carboxylic acids is 1. The number of aliphatic carboxylic acids is 1. The van der Waals surface area contributed by atoms with Gasteiger partial charge in [0, 0.05) is 38.3 Å². The number of aliphatic hydroxyl groups is 3. The molecular weight excluding hydrogens is 617 g/mol. The van der Waals surface area contributed by atoms with Crippen LogP contribution in [-0.4, -0.2) is 111 Å². The number of carboxylic acids is 1. The zero-order valence-electron chi connectivity index (χ0n) is 23.6. The quantitative estimate of drug-likeness (QED) is 0.140. The second-order valence-corrected chi connectivity index (χ2v) is 9.94. The second-order valence-electron chi connectivity index (χ2n) is 9.94. The Kier molecular flexibility index (Phi) is 12.4. The number of hydrogen-bond donors (Lipinski definition) is 7. The maximum atomic E-state index is 12.2. The number of aromatic nitrogens is 2. The van der Waals surface area contributed by atoms with Crippen LogP contribution in [-0.2, 0) is 30.3 Å². The van der Waals surface area contributed by atoms with Crippen LogP contribution in [0.25, 0.3) is 0 Å². The maximum Gasteiger partial charge on any atom is 0.490 e. The summed E-state index contributed by atoms with van der Waals surface area (Å²) in [6.45, 7) is 0.513. The van der Waals surface area contributed by atoms with Crippen molar-refractivity contribution >= 4 is 11.9 Å². The van der Waals surface area contributed by atoms with Crippen LogP contribution in [0.1, 0.15) is 28.6 Å². The van der Waals surface area contributed by atoms with Crippen molar-refractivity contribution < 1.29 is 62.1 Å². The lowest BCUT2D eigenvalue weighted by Crippen LogP contribution is -2.44. The normalized spacial score (nSPS) is 27.0. The zero-order chi connectivity index (χ0) is 33.5. The van der Waals surface area contributed by atoms with Crippen LogP contribution in [0.15, 0.2) is 46.1 Å². The Morgan fingerprint density at radius 2 is 1.78 bits per heavy atom. The Morgan fingerprint density at radius 3 is 2.31 bits per heavy atom. The minimum atomic E-state index is -5.08. The van der Waals surface area contributed by atoms with E-state index in [0.717, 1.165) is 16.2 Å². The van der Waals surface area contributed by atoms with E-state index in [0.29, 0.717) is 12.1 Å². The lowest BCUT2D eigenvalue weighted by Gasteiger charge is -2.28. The van der Waals surface area contributed by atoms with Gasteiger partial charge in [-0.15, -0.1) is 0 Å². The number of ether oxygens (including phenoxy) is 4. The molecule has 16 nitrogen and oxygen atoms in total. The van der Waals surface area contributed by atoms with Gasteiger partial charge in [0.05, 0.1) is 24.9 Å². The van der Waals surface area contributed by atoms with Crippen molar-refractivity contribution in [1.82, 2.24) is 14.9 Å². The van der Waals surface area contributed by atoms with Crippen LogP contribution < -0.4 is 22.3 Å². The summed E-state index contributed by atoms with van der Waals surface area (Å²) in [6, 6.07) is 7.93. The molecule has 8 N–H and O–H groups in total. The molecule has 0 spiro atoms. The predicted octanol–water partition coefficient (Wildman–Crippen LogP) is -1.81. The number of aromatic amines is 1. The lowest BCUT2D eigenvalue weighted by atomic mass is 10.1. The highest BCUT2D eigenvalue weighted by Crippen LogP contribution is 2.32. The van der Waals surface area contributed by atoms with E-state index in [9.17, 15) is 42.9 Å². The van der Waals surface area contributed by atoms with Gasteiger partial charge in [-0.05, 0) is 17.7 Å². The first kappa shape index (κ1) is 35.8. The van der Waals surface area contributed by atoms with Gasteiger partial charge in [0.25, 0.3) is 5.56 Å². The number of nitrogens with one attached hydrogen (secondary N) is 2. The highest BCUT2D eigenvalue weighted by Gasteiger charge is 2.47. The van der Waals surface area contributed by atoms with Gasteiger partial charge in [-0.3, -0.25) is 14.3 Å². The minimum absolute atomic E-state index is 0.0293. The summed E-state index contributed by atoms with van der Waals surface area (Å²) < 4.78 is 55.1. The molecular formula is C26H33F3N4O12. The topological polar surface area (TPSA) is 245 Å². The molecule has 1 aromatic heterocycles. The molecule has 2 aliphatic rings. The first-order valence-corrected chi connectivity index (χ1v) is 13.4. The van der Waals surface area contributed by atoms with Crippen LogP contribution in [0.3, 0.4) is 0 Å². The molecule has 2 aliphatic heterocycles. The summed E-state index contributed by atoms with van der Waals surface area (Å²) in [7, 11) is 1.30. The molecule has 0 amide bonds. The first-order chi connectivity index (χ1) is 21.2. The summed E-state index contributed by atoms with van der Waals surface area (Å²) in [4.78, 5) is 46.3. The molecule has 0 bridgehead atoms. The van der Waals surface area contributed by atoms with Crippen molar-refractivity contribution in [2.45, 2.75) is 68.3 Å². The standard InChI is InChI=1S/C24H32N4O10.C2HF3O2/c1-35-22(33)13-4-2-12(3-5-13)10-26-11-17(38-23-20(32)19(31)16(9-25)37-23)15-8-14(29)21(36-15)28-7-6-18(30)27-24(28)34;3-2(4,5)1(6)7/h2-7,14-17,19-21,23,26,29,31-32H,8-11,25H2,1H3,(H,27,30,34);(H,6,7)/t14-,15+,16-,17+,19-,20-,21-,23+;/m1./s1. The van der Waals surface area contributed by atoms with Crippen molar-refractivity contribution in [3.8, 4) is 0 Å². The van der Waals surface area contributed by atoms with E-state index < -0.39 is 78.5 Å². The van der Waals surface area contributed by atoms with Gasteiger partial charge in [0.2, 0.25) is 0 Å². The number of benzene rings is 1. The molecule has 45 heavy (non-hydrogen) atoms. The largest absolute Gasteiger partial charge is 0.490 e. The summed E-state index contributed by atoms with van der Waals surface area (Å²) in [5.41, 5.74) is 5.55. The monoisotopic (exact) mass is 650 g/mol. The third kappa shape index (κ3) is 9.41. The molecule has 1 aromatic carbocycles. The molecule has 2 fully saturated rings. The maximum absolute atomic E-state index is 12.2. The van der Waals surface area contributed by atoms with Gasteiger partial charge >= 0.3 is 23.8 Å². The van der Waals surface area contributed by atoms with Gasteiger partial charge in [-0.25, -0.2) is 14.4 Å². The summed E-state index contributed by atoms with van der Waals surface area (Å²) in [6.07, 6.45) is -12.2. The molecule has 0 radical (unpaired) electrons. The highest BCUT2D eigenvalue weighted by molar-refractivity contribution is 5.89. The highest BCUT2D eigenvalue weighted by atomic mass is 19.4. The Morgan fingerprint density at radius 1 is 1.13 bits per heavy atom. The van der Waals surface area contributed by atoms with E-state index >= 15 is 0 Å². The van der Waals surface area contributed by atoms with Crippen LogP contribution in [0.5, 0.6) is 0 Å². The van der Waals surface area contributed by atoms with Crippen molar-refractivity contribution in [3.63, 3.8) is 0 Å². The predicted molar refractivity (Wildman–Crippen MR) is 144 cm³/mol. The van der Waals surface area contributed by atoms with E-state index in [1.165, 1.54) is 13.3 Å². The van der Waals surface area contributed by atoms with E-state index in [1.54, 1.807) is 24.3 Å². The molecule has 0 aliphatic carbocycles. The summed E-state index contributed by atoms with van der Waals surface area (Å²) in [5, 5.41) is 41.6. The third-order valence-electron chi connectivity index (χ3n) is 6.81. The van der Waals surface area contributed by atoms with Gasteiger partial charge in [-0.1, -0.05) is 12.1 Å². The molecule has 250 valence electrons. The van der Waals surface area contributed by atoms with Gasteiger partial charge in [-0.2, -0.15) is 13.2 Å². The SMILES string of the molecule is COC(=O)c1ccc(CNC[C@H](O[C@@H]2O[C@H](CN)[C@@H](O)[C@H]2O)[C@@H]2C[C@@H](O)[C@H](n3ccc(=O)[nH]c3=O)O2)cc1.O=C(O)C(F)(F)F. The van der Waals surface area contributed by atoms with Crippen LogP contribution in [0.4, 0.5) is 13.2 Å². The van der Waals surface area contributed by atoms with Gasteiger partial charge in [0.15, 0.2) is 12.5 Å². The number of carboxylic acid groups (broad SMARTS) is 1. The minimum Gasteiger partial charge on any atom is -0.475 e. The van der Waals surface area contributed by atoms with Crippen LogP contribution in [0, 0.1) is 0 Å². The summed E-state index contributed by atoms with van der Waals surface area (Å²) >= 11 is 0. The van der Waals surface area contributed by atoms with Crippen molar-refractivity contribution in [3.05, 3.63) is 68.5 Å². The molecule has 0 saturated carbocycles. The molecule has 4 rings (SSSR count). The molecule has 0 unspecified atom stereocenters. The fraction of sp³-hybridized carbons (Fsp3) is 0.538. The average Bonchev–Trinajstić information content (AvgIpc) is 3.50. The van der Waals surface area contributed by atoms with E-state index in [-0.39, 0.29) is 19.5 Å². The molecule has 8 atom stereocenters. The second kappa shape index (κ2) is 15.5. The number of aliphatic hydroxyl groups excluding tert-OH is 3. The number of carbonyl (C=O) groups is 2. The Bertz CT molecular complexity index is 1400. The average molecular weight is 651 g/mol. The van der Waals surface area contributed by atoms with E-state index in [1.807, 2.05) is 0 Å². The number of H-pyrrole nitrogens is 1. The van der Waals surface area contributed by atoms with Gasteiger partial charge < -0.3 is 50.4 Å². The number of nitrogens with two attached hydrogens (primary N) is 1. The molecule has 2 aromatic rings. The lowest BCUT2D eigenvalue weighted by molar-refractivity contribution is -0.213. The number of halogens is 3. The van der Waals surface area contributed by atoms with E-state index in [2.05, 4.69) is 10.3 Å². The zero-order valence-corrected chi connectivity index (χ0v) is 23.6. The van der Waals surface area contributed by atoms with Gasteiger partial charge in [0.1, 0.15) is 24.4 Å². The molecule has 2 saturated heterocycles. The van der Waals surface area contributed by atoms with Crippen LogP contribution in [0.2, 0.25) is 0 Å². The van der Waals surface area contributed by atoms with Crippen LogP contribution >= 0.6 is 0 Å². The number of hydrogen-bond acceptors (Lipinski definition) is 13. The Hall–Kier alpha value is -3.69. The fourth-order valence-corrected chi connectivity index (χ4v) is 4.49. The fourth-order valence-electron chi connectivity index (χ4n) is 4.49. The molecule has 3 heterocycles. The number of rotatable bonds is 10. The number of methoxy groups -OCH3 is 1. The van der Waals surface area contributed by atoms with Crippen molar-refractivity contribution in [1.29, 1.82) is 0 Å². The molecule has 19 heteroatoms. The smallest absolute Gasteiger partial charge is 0.475 e.